The standard InChI is InChI=1S/C10H15F3N4O2/c1-18-5-9-16-7(14)4-8(17-9)15-2-3-19-6-10(11,12)13/h4H,2-3,5-6H2,1H3,(H3,14,15,16,17). The molecule has 6 nitrogen and oxygen atoms in total. The van der Waals surface area contributed by atoms with E-state index in [2.05, 4.69) is 20.0 Å². The Kier molecular flexibility index (Phi) is 5.77. The predicted octanol–water partition coefficient (Wildman–Crippen LogP) is 1.20. The highest BCUT2D eigenvalue weighted by Gasteiger charge is 2.27. The number of anilines is 2. The first-order valence-corrected chi connectivity index (χ1v) is 5.41. The molecule has 0 saturated heterocycles. The number of hydrogen-bond donors (Lipinski definition) is 2. The van der Waals surface area contributed by atoms with Crippen LogP contribution in [0.3, 0.4) is 0 Å². The van der Waals surface area contributed by atoms with Crippen LogP contribution in [0.1, 0.15) is 5.82 Å². The Labute approximate surface area is 108 Å². The van der Waals surface area contributed by atoms with Crippen LogP contribution in [0, 0.1) is 0 Å². The number of nitrogens with two attached hydrogens (primary N) is 1. The Hall–Kier alpha value is -1.61. The SMILES string of the molecule is COCc1nc(N)cc(NCCOCC(F)(F)F)n1. The van der Waals surface area contributed by atoms with Crippen molar-refractivity contribution in [2.45, 2.75) is 12.8 Å². The van der Waals surface area contributed by atoms with Crippen molar-refractivity contribution in [2.24, 2.45) is 0 Å². The Bertz CT molecular complexity index is 401. The molecule has 108 valence electrons. The lowest BCUT2D eigenvalue weighted by Gasteiger charge is -2.10. The lowest BCUT2D eigenvalue weighted by Crippen LogP contribution is -2.20. The third kappa shape index (κ3) is 6.77. The summed E-state index contributed by atoms with van der Waals surface area (Å²) in [5.74, 6) is 1.05. The van der Waals surface area contributed by atoms with Crippen molar-refractivity contribution in [3.63, 3.8) is 0 Å². The maximum atomic E-state index is 11.8. The number of nitrogens with zero attached hydrogens (tertiary/aromatic N) is 2. The topological polar surface area (TPSA) is 82.3 Å². The van der Waals surface area contributed by atoms with Crippen molar-refractivity contribution in [1.29, 1.82) is 0 Å². The summed E-state index contributed by atoms with van der Waals surface area (Å²) in [5, 5.41) is 2.79. The Balaban J connectivity index is 2.36. The van der Waals surface area contributed by atoms with Crippen molar-refractivity contribution in [3.8, 4) is 0 Å². The molecule has 3 N–H and O–H groups in total. The van der Waals surface area contributed by atoms with E-state index in [0.717, 1.165) is 0 Å². The fourth-order valence-electron chi connectivity index (χ4n) is 1.24. The normalized spacial score (nSPS) is 11.6. The van der Waals surface area contributed by atoms with Gasteiger partial charge in [0, 0.05) is 19.7 Å². The highest BCUT2D eigenvalue weighted by atomic mass is 19.4. The summed E-state index contributed by atoms with van der Waals surface area (Å²) in [4.78, 5) is 7.99. The lowest BCUT2D eigenvalue weighted by molar-refractivity contribution is -0.172. The predicted molar refractivity (Wildman–Crippen MR) is 62.5 cm³/mol. The van der Waals surface area contributed by atoms with E-state index in [4.69, 9.17) is 10.5 Å². The number of hydrogen-bond acceptors (Lipinski definition) is 6. The van der Waals surface area contributed by atoms with Crippen LogP contribution >= 0.6 is 0 Å². The fourth-order valence-corrected chi connectivity index (χ4v) is 1.24. The molecule has 9 heteroatoms. The van der Waals surface area contributed by atoms with E-state index >= 15 is 0 Å². The first kappa shape index (κ1) is 15.4. The molecule has 0 aromatic carbocycles. The average molecular weight is 280 g/mol. The summed E-state index contributed by atoms with van der Waals surface area (Å²) in [6, 6.07) is 1.48. The zero-order valence-electron chi connectivity index (χ0n) is 10.3. The maximum absolute atomic E-state index is 11.8. The smallest absolute Gasteiger partial charge is 0.384 e. The number of rotatable bonds is 7. The van der Waals surface area contributed by atoms with Gasteiger partial charge in [0.25, 0.3) is 0 Å². The molecule has 1 rings (SSSR count). The molecule has 0 bridgehead atoms. The van der Waals surface area contributed by atoms with Crippen LogP contribution in [0.4, 0.5) is 24.8 Å². The van der Waals surface area contributed by atoms with Crippen LogP contribution in [0.2, 0.25) is 0 Å². The summed E-state index contributed by atoms with van der Waals surface area (Å²) in [6.45, 7) is -0.984. The molecular formula is C10H15F3N4O2. The molecule has 0 saturated carbocycles. The summed E-state index contributed by atoms with van der Waals surface area (Å²) in [5.41, 5.74) is 5.55. The van der Waals surface area contributed by atoms with Crippen molar-refractivity contribution >= 4 is 11.6 Å². The van der Waals surface area contributed by atoms with Gasteiger partial charge in [-0.3, -0.25) is 0 Å². The molecule has 0 aliphatic heterocycles. The minimum Gasteiger partial charge on any atom is -0.384 e. The van der Waals surface area contributed by atoms with Gasteiger partial charge in [-0.25, -0.2) is 9.97 Å². The molecular weight excluding hydrogens is 265 g/mol. The van der Waals surface area contributed by atoms with E-state index in [0.29, 0.717) is 11.6 Å². The number of nitrogen functional groups attached to an aromatic ring is 1. The van der Waals surface area contributed by atoms with Crippen LogP contribution in [-0.2, 0) is 16.1 Å². The lowest BCUT2D eigenvalue weighted by atomic mass is 10.5. The monoisotopic (exact) mass is 280 g/mol. The Morgan fingerprint density at radius 3 is 2.74 bits per heavy atom. The van der Waals surface area contributed by atoms with Crippen LogP contribution in [-0.4, -0.2) is 43.0 Å². The number of nitrogens with one attached hydrogen (secondary N) is 1. The molecule has 1 aromatic heterocycles. The Morgan fingerprint density at radius 2 is 2.11 bits per heavy atom. The van der Waals surface area contributed by atoms with Gasteiger partial charge in [0.1, 0.15) is 24.8 Å². The molecule has 0 unspecified atom stereocenters. The van der Waals surface area contributed by atoms with Crippen molar-refractivity contribution in [2.75, 3.05) is 37.9 Å². The van der Waals surface area contributed by atoms with Crippen LogP contribution in [0.5, 0.6) is 0 Å². The molecule has 1 aromatic rings. The second kappa shape index (κ2) is 7.10. The van der Waals surface area contributed by atoms with Gasteiger partial charge in [-0.2, -0.15) is 13.2 Å². The van der Waals surface area contributed by atoms with Gasteiger partial charge in [-0.15, -0.1) is 0 Å². The zero-order chi connectivity index (χ0) is 14.3. The third-order valence-electron chi connectivity index (χ3n) is 1.88. The average Bonchev–Trinajstić information content (AvgIpc) is 2.26. The van der Waals surface area contributed by atoms with E-state index in [1.807, 2.05) is 0 Å². The summed E-state index contributed by atoms with van der Waals surface area (Å²) >= 11 is 0. The summed E-state index contributed by atoms with van der Waals surface area (Å²) in [6.07, 6.45) is -4.31. The van der Waals surface area contributed by atoms with E-state index in [9.17, 15) is 13.2 Å². The second-order valence-electron chi connectivity index (χ2n) is 3.62. The molecule has 0 spiro atoms. The van der Waals surface area contributed by atoms with Crippen molar-refractivity contribution in [3.05, 3.63) is 11.9 Å². The third-order valence-corrected chi connectivity index (χ3v) is 1.88. The maximum Gasteiger partial charge on any atom is 0.411 e. The number of alkyl halides is 3. The number of methoxy groups -OCH3 is 1. The van der Waals surface area contributed by atoms with Crippen LogP contribution in [0.25, 0.3) is 0 Å². The van der Waals surface area contributed by atoms with Crippen molar-refractivity contribution in [1.82, 2.24) is 9.97 Å². The first-order valence-electron chi connectivity index (χ1n) is 5.41. The molecule has 0 amide bonds. The van der Waals surface area contributed by atoms with Crippen molar-refractivity contribution < 1.29 is 22.6 Å². The fraction of sp³-hybridized carbons (Fsp3) is 0.600. The van der Waals surface area contributed by atoms with E-state index < -0.39 is 12.8 Å². The molecule has 0 aliphatic rings. The zero-order valence-corrected chi connectivity index (χ0v) is 10.3. The van der Waals surface area contributed by atoms with E-state index in [1.165, 1.54) is 13.2 Å². The van der Waals surface area contributed by atoms with E-state index in [1.54, 1.807) is 0 Å². The van der Waals surface area contributed by atoms with Gasteiger partial charge in [-0.1, -0.05) is 0 Å². The molecule has 0 atom stereocenters. The highest BCUT2D eigenvalue weighted by molar-refractivity contribution is 5.44. The highest BCUT2D eigenvalue weighted by Crippen LogP contribution is 2.14. The summed E-state index contributed by atoms with van der Waals surface area (Å²) < 4.78 is 44.7. The summed E-state index contributed by atoms with van der Waals surface area (Å²) in [7, 11) is 1.49. The van der Waals surface area contributed by atoms with Gasteiger partial charge in [0.15, 0.2) is 5.82 Å². The Morgan fingerprint density at radius 1 is 1.37 bits per heavy atom. The van der Waals surface area contributed by atoms with Gasteiger partial charge in [-0.05, 0) is 0 Å². The minimum absolute atomic E-state index is 0.0942. The van der Waals surface area contributed by atoms with Gasteiger partial charge >= 0.3 is 6.18 Å². The van der Waals surface area contributed by atoms with E-state index in [-0.39, 0.29) is 25.6 Å². The molecule has 1 heterocycles. The quantitative estimate of drug-likeness (QED) is 0.730. The van der Waals surface area contributed by atoms with Crippen LogP contribution in [0.15, 0.2) is 6.07 Å². The van der Waals surface area contributed by atoms with Gasteiger partial charge in [0.05, 0.1) is 6.61 Å². The van der Waals surface area contributed by atoms with Gasteiger partial charge in [0.2, 0.25) is 0 Å². The molecule has 0 radical (unpaired) electrons. The number of ether oxygens (including phenoxy) is 2. The van der Waals surface area contributed by atoms with Gasteiger partial charge < -0.3 is 20.5 Å². The largest absolute Gasteiger partial charge is 0.411 e. The minimum atomic E-state index is -4.31. The number of aromatic nitrogens is 2. The molecule has 0 fully saturated rings. The molecule has 19 heavy (non-hydrogen) atoms. The number of halogens is 3. The second-order valence-corrected chi connectivity index (χ2v) is 3.62. The molecule has 0 aliphatic carbocycles. The first-order chi connectivity index (χ1) is 8.90. The van der Waals surface area contributed by atoms with Crippen LogP contribution < -0.4 is 11.1 Å².